The molecule has 1 atom stereocenters. The molecular weight excluding hydrogens is 559 g/mol. The Hall–Kier alpha value is -3.96. The van der Waals surface area contributed by atoms with Crippen molar-refractivity contribution in [3.8, 4) is 5.75 Å². The Morgan fingerprint density at radius 1 is 0.952 bits per heavy atom. The van der Waals surface area contributed by atoms with Gasteiger partial charge in [0.05, 0.1) is 12.8 Å². The lowest BCUT2D eigenvalue weighted by Gasteiger charge is -2.34. The summed E-state index contributed by atoms with van der Waals surface area (Å²) in [5, 5.41) is 2.95. The van der Waals surface area contributed by atoms with Gasteiger partial charge >= 0.3 is 10.2 Å². The molecule has 2 amide bonds. The van der Waals surface area contributed by atoms with Gasteiger partial charge in [0.15, 0.2) is 0 Å². The number of halogens is 1. The summed E-state index contributed by atoms with van der Waals surface area (Å²) in [4.78, 5) is 29.3. The van der Waals surface area contributed by atoms with Crippen LogP contribution in [0.4, 0.5) is 10.1 Å². The van der Waals surface area contributed by atoms with E-state index in [-0.39, 0.29) is 24.6 Å². The molecule has 0 bridgehead atoms. The number of hydrogen-bond acceptors (Lipinski definition) is 5. The minimum absolute atomic E-state index is 0.0218. The Bertz CT molecular complexity index is 1420. The zero-order valence-electron chi connectivity index (χ0n) is 24.5. The number of carbonyl (C=O) groups excluding carboxylic acids is 2. The van der Waals surface area contributed by atoms with Gasteiger partial charge in [-0.15, -0.1) is 0 Å². The van der Waals surface area contributed by atoms with E-state index in [0.717, 1.165) is 39.1 Å². The minimum atomic E-state index is -4.16. The molecule has 0 saturated heterocycles. The summed E-state index contributed by atoms with van der Waals surface area (Å²) in [5.74, 6) is -0.903. The second kappa shape index (κ2) is 15.3. The van der Waals surface area contributed by atoms with Crippen molar-refractivity contribution in [1.29, 1.82) is 0 Å². The van der Waals surface area contributed by atoms with Gasteiger partial charge in [-0.05, 0) is 53.9 Å². The average molecular weight is 599 g/mol. The second-order valence-corrected chi connectivity index (χ2v) is 12.1. The number of methoxy groups -OCH3 is 1. The second-order valence-electron chi connectivity index (χ2n) is 10.00. The van der Waals surface area contributed by atoms with Gasteiger partial charge in [-0.25, -0.2) is 8.70 Å². The van der Waals surface area contributed by atoms with Crippen molar-refractivity contribution in [2.24, 2.45) is 0 Å². The summed E-state index contributed by atoms with van der Waals surface area (Å²) in [6, 6.07) is 20.4. The maximum Gasteiger partial charge on any atom is 0.304 e. The monoisotopic (exact) mass is 598 g/mol. The van der Waals surface area contributed by atoms with E-state index < -0.39 is 34.5 Å². The number of nitrogens with one attached hydrogen (secondary N) is 1. The van der Waals surface area contributed by atoms with Crippen molar-refractivity contribution < 1.29 is 27.1 Å². The molecule has 3 rings (SSSR count). The molecule has 226 valence electrons. The molecule has 0 aliphatic heterocycles. The van der Waals surface area contributed by atoms with Crippen LogP contribution in [0.1, 0.15) is 30.9 Å². The Morgan fingerprint density at radius 2 is 1.62 bits per heavy atom. The van der Waals surface area contributed by atoms with Gasteiger partial charge in [0, 0.05) is 33.6 Å². The van der Waals surface area contributed by atoms with Crippen molar-refractivity contribution in [2.45, 2.75) is 38.8 Å². The molecule has 42 heavy (non-hydrogen) atoms. The van der Waals surface area contributed by atoms with Crippen molar-refractivity contribution >= 4 is 27.7 Å². The minimum Gasteiger partial charge on any atom is -0.497 e. The molecule has 0 heterocycles. The predicted molar refractivity (Wildman–Crippen MR) is 162 cm³/mol. The molecule has 11 heteroatoms. The summed E-state index contributed by atoms with van der Waals surface area (Å²) in [7, 11) is 0.0744. The summed E-state index contributed by atoms with van der Waals surface area (Å²) in [6.45, 7) is 1.87. The van der Waals surface area contributed by atoms with E-state index in [1.807, 2.05) is 43.3 Å². The van der Waals surface area contributed by atoms with Gasteiger partial charge in [0.2, 0.25) is 11.8 Å². The zero-order chi connectivity index (χ0) is 30.7. The normalized spacial score (nSPS) is 12.0. The molecule has 1 N–H and O–H groups in total. The van der Waals surface area contributed by atoms with Crippen molar-refractivity contribution in [3.05, 3.63) is 95.8 Å². The standard InChI is InChI=1S/C31H39FN4O5S/c1-5-6-19-33-31(38)29(21-24-11-8-7-9-12-24)35(22-25-13-10-14-28(20-25)41-4)30(37)23-36(42(39,40)34(2)3)27-17-15-26(32)16-18-27/h7-18,20,29H,5-6,19,21-23H2,1-4H3,(H,33,38)/t29-/m0/s1. The van der Waals surface area contributed by atoms with Crippen molar-refractivity contribution in [3.63, 3.8) is 0 Å². The van der Waals surface area contributed by atoms with E-state index in [4.69, 9.17) is 4.74 Å². The molecule has 0 spiro atoms. The van der Waals surface area contributed by atoms with Crippen LogP contribution in [0.5, 0.6) is 5.75 Å². The van der Waals surface area contributed by atoms with Gasteiger partial charge in [0.1, 0.15) is 24.2 Å². The van der Waals surface area contributed by atoms with Crippen LogP contribution in [-0.4, -0.2) is 69.8 Å². The molecular formula is C31H39FN4O5S. The van der Waals surface area contributed by atoms with E-state index in [0.29, 0.717) is 17.9 Å². The molecule has 0 saturated carbocycles. The largest absolute Gasteiger partial charge is 0.497 e. The van der Waals surface area contributed by atoms with Gasteiger partial charge in [-0.3, -0.25) is 9.59 Å². The number of benzene rings is 3. The summed E-state index contributed by atoms with van der Waals surface area (Å²) < 4.78 is 47.7. The van der Waals surface area contributed by atoms with Crippen LogP contribution >= 0.6 is 0 Å². The van der Waals surface area contributed by atoms with Gasteiger partial charge in [0.25, 0.3) is 0 Å². The van der Waals surface area contributed by atoms with Crippen molar-refractivity contribution in [2.75, 3.05) is 38.6 Å². The average Bonchev–Trinajstić information content (AvgIpc) is 2.98. The highest BCUT2D eigenvalue weighted by molar-refractivity contribution is 7.90. The number of hydrogen-bond donors (Lipinski definition) is 1. The van der Waals surface area contributed by atoms with Crippen LogP contribution in [0.2, 0.25) is 0 Å². The fraction of sp³-hybridized carbons (Fsp3) is 0.355. The number of carbonyl (C=O) groups is 2. The van der Waals surface area contributed by atoms with Gasteiger partial charge in [-0.1, -0.05) is 55.8 Å². The third kappa shape index (κ3) is 8.77. The predicted octanol–water partition coefficient (Wildman–Crippen LogP) is 4.00. The molecule has 0 aromatic heterocycles. The highest BCUT2D eigenvalue weighted by Crippen LogP contribution is 2.23. The Balaban J connectivity index is 2.08. The molecule has 9 nitrogen and oxygen atoms in total. The van der Waals surface area contributed by atoms with E-state index in [1.54, 1.807) is 18.2 Å². The van der Waals surface area contributed by atoms with Gasteiger partial charge < -0.3 is 15.0 Å². The SMILES string of the molecule is CCCCNC(=O)[C@H](Cc1ccccc1)N(Cc1cccc(OC)c1)C(=O)CN(c1ccc(F)cc1)S(=O)(=O)N(C)C. The first kappa shape index (κ1) is 32.6. The van der Waals surface area contributed by atoms with E-state index in [2.05, 4.69) is 5.32 Å². The first-order valence-corrected chi connectivity index (χ1v) is 15.2. The molecule has 0 unspecified atom stereocenters. The van der Waals surface area contributed by atoms with Crippen molar-refractivity contribution in [1.82, 2.24) is 14.5 Å². The number of rotatable bonds is 15. The first-order chi connectivity index (χ1) is 20.1. The number of anilines is 1. The zero-order valence-corrected chi connectivity index (χ0v) is 25.3. The number of unbranched alkanes of at least 4 members (excludes halogenated alkanes) is 1. The van der Waals surface area contributed by atoms with Crippen LogP contribution < -0.4 is 14.4 Å². The lowest BCUT2D eigenvalue weighted by atomic mass is 10.0. The van der Waals surface area contributed by atoms with E-state index >= 15 is 0 Å². The maximum atomic E-state index is 14.2. The van der Waals surface area contributed by atoms with Crippen LogP contribution in [0.25, 0.3) is 0 Å². The number of nitrogens with zero attached hydrogens (tertiary/aromatic N) is 3. The highest BCUT2D eigenvalue weighted by Gasteiger charge is 2.34. The molecule has 0 aliphatic rings. The fourth-order valence-electron chi connectivity index (χ4n) is 4.35. The molecule has 3 aromatic carbocycles. The Morgan fingerprint density at radius 3 is 2.24 bits per heavy atom. The Kier molecular flexibility index (Phi) is 11.9. The maximum absolute atomic E-state index is 14.2. The fourth-order valence-corrected chi connectivity index (χ4v) is 5.41. The lowest BCUT2D eigenvalue weighted by Crippen LogP contribution is -2.54. The smallest absolute Gasteiger partial charge is 0.304 e. The molecule has 0 fully saturated rings. The Labute approximate surface area is 248 Å². The van der Waals surface area contributed by atoms with Crippen LogP contribution in [0.3, 0.4) is 0 Å². The summed E-state index contributed by atoms with van der Waals surface area (Å²) >= 11 is 0. The third-order valence-corrected chi connectivity index (χ3v) is 8.54. The van der Waals surface area contributed by atoms with Crippen LogP contribution in [0.15, 0.2) is 78.9 Å². The van der Waals surface area contributed by atoms with Gasteiger partial charge in [-0.2, -0.15) is 12.7 Å². The topological polar surface area (TPSA) is 99.3 Å². The lowest BCUT2D eigenvalue weighted by molar-refractivity contribution is -0.140. The number of ether oxygens (including phenoxy) is 1. The van der Waals surface area contributed by atoms with E-state index in [9.17, 15) is 22.4 Å². The highest BCUT2D eigenvalue weighted by atomic mass is 32.2. The molecule has 0 radical (unpaired) electrons. The van der Waals surface area contributed by atoms with E-state index in [1.165, 1.54) is 38.2 Å². The molecule has 0 aliphatic carbocycles. The van der Waals surface area contributed by atoms with Crippen LogP contribution in [0, 0.1) is 5.82 Å². The quantitative estimate of drug-likeness (QED) is 0.267. The molecule has 3 aromatic rings. The van der Waals surface area contributed by atoms with Crippen LogP contribution in [-0.2, 0) is 32.8 Å². The third-order valence-electron chi connectivity index (χ3n) is 6.72. The summed E-state index contributed by atoms with van der Waals surface area (Å²) in [6.07, 6.45) is 1.86. The first-order valence-electron chi connectivity index (χ1n) is 13.8. The summed E-state index contributed by atoms with van der Waals surface area (Å²) in [5.41, 5.74) is 1.66. The number of amides is 2.